The van der Waals surface area contributed by atoms with Crippen molar-refractivity contribution in [1.82, 2.24) is 5.32 Å². The Morgan fingerprint density at radius 3 is 2.81 bits per heavy atom. The summed E-state index contributed by atoms with van der Waals surface area (Å²) in [4.78, 5) is 1.09. The van der Waals surface area contributed by atoms with Gasteiger partial charge in [-0.15, -0.1) is 12.6 Å². The third kappa shape index (κ3) is 1.61. The Morgan fingerprint density at radius 1 is 1.25 bits per heavy atom. The molecule has 1 aliphatic heterocycles. The van der Waals surface area contributed by atoms with E-state index in [-0.39, 0.29) is 6.23 Å². The molecule has 0 radical (unpaired) electrons. The van der Waals surface area contributed by atoms with E-state index >= 15 is 0 Å². The van der Waals surface area contributed by atoms with Crippen molar-refractivity contribution in [2.24, 2.45) is 0 Å². The zero-order valence-corrected chi connectivity index (χ0v) is 9.71. The first-order valence-corrected chi connectivity index (χ1v) is 5.90. The number of allylic oxidation sites excluding steroid dienone is 2. The van der Waals surface area contributed by atoms with Crippen molar-refractivity contribution in [3.63, 3.8) is 0 Å². The number of benzene rings is 1. The van der Waals surface area contributed by atoms with Gasteiger partial charge in [-0.1, -0.05) is 30.3 Å². The van der Waals surface area contributed by atoms with Crippen molar-refractivity contribution in [1.29, 1.82) is 0 Å². The molecule has 16 heavy (non-hydrogen) atoms. The maximum Gasteiger partial charge on any atom is 0.196 e. The summed E-state index contributed by atoms with van der Waals surface area (Å²) in [7, 11) is 0. The lowest BCUT2D eigenvalue weighted by atomic mass is 10.1. The van der Waals surface area contributed by atoms with Crippen molar-refractivity contribution in [2.45, 2.75) is 19.1 Å². The van der Waals surface area contributed by atoms with E-state index in [1.54, 1.807) is 0 Å². The minimum absolute atomic E-state index is 0.0669. The fraction of sp³-hybridized carbons (Fsp3) is 0.231. The number of rotatable bonds is 1. The highest BCUT2D eigenvalue weighted by atomic mass is 32.1. The third-order valence-electron chi connectivity index (χ3n) is 2.87. The molecule has 1 N–H and O–H groups in total. The van der Waals surface area contributed by atoms with E-state index in [4.69, 9.17) is 4.74 Å². The van der Waals surface area contributed by atoms with Gasteiger partial charge in [0.25, 0.3) is 0 Å². The molecule has 3 heteroatoms. The molecule has 1 aromatic carbocycles. The van der Waals surface area contributed by atoms with E-state index in [0.717, 1.165) is 34.8 Å². The number of nitrogens with one attached hydrogen (secondary N) is 1. The highest BCUT2D eigenvalue weighted by Crippen LogP contribution is 2.36. The number of hydrogen-bond donors (Lipinski definition) is 2. The van der Waals surface area contributed by atoms with Crippen molar-refractivity contribution in [3.05, 3.63) is 58.3 Å². The van der Waals surface area contributed by atoms with Gasteiger partial charge in [-0.25, -0.2) is 0 Å². The van der Waals surface area contributed by atoms with Crippen LogP contribution in [0.2, 0.25) is 0 Å². The smallest absolute Gasteiger partial charge is 0.196 e. The first kappa shape index (κ1) is 9.85. The summed E-state index contributed by atoms with van der Waals surface area (Å²) in [6.45, 7) is 0. The Labute approximate surface area is 100 Å². The molecule has 0 amide bonds. The second-order valence-corrected chi connectivity index (χ2v) is 4.52. The predicted molar refractivity (Wildman–Crippen MR) is 66.7 cm³/mol. The van der Waals surface area contributed by atoms with Crippen LogP contribution in [-0.4, -0.2) is 0 Å². The van der Waals surface area contributed by atoms with Gasteiger partial charge in [-0.2, -0.15) is 0 Å². The highest BCUT2D eigenvalue weighted by Gasteiger charge is 2.28. The highest BCUT2D eigenvalue weighted by molar-refractivity contribution is 7.84. The molecular formula is C13H13NOS. The molecule has 82 valence electrons. The summed E-state index contributed by atoms with van der Waals surface area (Å²) < 4.78 is 5.87. The molecule has 0 bridgehead atoms. The quantitative estimate of drug-likeness (QED) is 0.725. The van der Waals surface area contributed by atoms with E-state index in [1.807, 2.05) is 18.2 Å². The molecule has 3 rings (SSSR count). The molecule has 1 heterocycles. The van der Waals surface area contributed by atoms with Crippen molar-refractivity contribution >= 4 is 12.6 Å². The van der Waals surface area contributed by atoms with Gasteiger partial charge >= 0.3 is 0 Å². The topological polar surface area (TPSA) is 21.3 Å². The molecule has 1 aromatic rings. The van der Waals surface area contributed by atoms with E-state index < -0.39 is 0 Å². The van der Waals surface area contributed by atoms with Crippen molar-refractivity contribution in [2.75, 3.05) is 0 Å². The Hall–Kier alpha value is -1.35. The molecule has 2 nitrogen and oxygen atoms in total. The number of thiol groups is 1. The SMILES string of the molecule is SC1=C2NC(c3ccccc3)OC2=CCC1. The van der Waals surface area contributed by atoms with Crippen LogP contribution in [0, 0.1) is 0 Å². The lowest BCUT2D eigenvalue weighted by molar-refractivity contribution is 0.147. The summed E-state index contributed by atoms with van der Waals surface area (Å²) in [6.07, 6.45) is 4.08. The van der Waals surface area contributed by atoms with Gasteiger partial charge < -0.3 is 10.1 Å². The molecule has 2 aliphatic rings. The van der Waals surface area contributed by atoms with Gasteiger partial charge in [0.05, 0.1) is 5.70 Å². The molecular weight excluding hydrogens is 218 g/mol. The van der Waals surface area contributed by atoms with Gasteiger partial charge in [-0.3, -0.25) is 0 Å². The van der Waals surface area contributed by atoms with E-state index in [9.17, 15) is 0 Å². The van der Waals surface area contributed by atoms with Crippen molar-refractivity contribution in [3.8, 4) is 0 Å². The molecule has 0 spiro atoms. The number of fused-ring (bicyclic) bond motifs is 1. The third-order valence-corrected chi connectivity index (χ3v) is 3.32. The minimum Gasteiger partial charge on any atom is -0.465 e. The molecule has 1 atom stereocenters. The molecule has 1 unspecified atom stereocenters. The number of ether oxygens (including phenoxy) is 1. The summed E-state index contributed by atoms with van der Waals surface area (Å²) in [5.41, 5.74) is 2.20. The second-order valence-electron chi connectivity index (χ2n) is 3.98. The summed E-state index contributed by atoms with van der Waals surface area (Å²) in [6, 6.07) is 10.2. The van der Waals surface area contributed by atoms with Crippen LogP contribution in [0.3, 0.4) is 0 Å². The molecule has 1 fully saturated rings. The summed E-state index contributed by atoms with van der Waals surface area (Å²) in [5, 5.41) is 3.37. The van der Waals surface area contributed by atoms with Crippen LogP contribution >= 0.6 is 12.6 Å². The van der Waals surface area contributed by atoms with Gasteiger partial charge in [0, 0.05) is 10.5 Å². The maximum absolute atomic E-state index is 5.87. The second kappa shape index (κ2) is 3.91. The first-order chi connectivity index (χ1) is 7.84. The van der Waals surface area contributed by atoms with Crippen LogP contribution in [0.5, 0.6) is 0 Å². The Balaban J connectivity index is 1.91. The fourth-order valence-corrected chi connectivity index (χ4v) is 2.34. The lowest BCUT2D eigenvalue weighted by Gasteiger charge is -2.09. The average molecular weight is 231 g/mol. The summed E-state index contributed by atoms with van der Waals surface area (Å²) >= 11 is 4.49. The Morgan fingerprint density at radius 2 is 2.06 bits per heavy atom. The minimum atomic E-state index is -0.0669. The van der Waals surface area contributed by atoms with Gasteiger partial charge in [0.15, 0.2) is 6.23 Å². The Kier molecular flexibility index (Phi) is 2.40. The fourth-order valence-electron chi connectivity index (χ4n) is 2.04. The zero-order valence-electron chi connectivity index (χ0n) is 8.81. The van der Waals surface area contributed by atoms with Crippen LogP contribution in [-0.2, 0) is 4.74 Å². The molecule has 1 saturated heterocycles. The Bertz CT molecular complexity index is 464. The van der Waals surface area contributed by atoms with Crippen LogP contribution in [0.25, 0.3) is 0 Å². The van der Waals surface area contributed by atoms with E-state index in [0.29, 0.717) is 0 Å². The van der Waals surface area contributed by atoms with Gasteiger partial charge in [0.1, 0.15) is 5.76 Å². The largest absolute Gasteiger partial charge is 0.465 e. The predicted octanol–water partition coefficient (Wildman–Crippen LogP) is 3.12. The van der Waals surface area contributed by atoms with Gasteiger partial charge in [-0.05, 0) is 18.9 Å². The van der Waals surface area contributed by atoms with E-state index in [2.05, 4.69) is 36.2 Å². The van der Waals surface area contributed by atoms with Gasteiger partial charge in [0.2, 0.25) is 0 Å². The van der Waals surface area contributed by atoms with Crippen molar-refractivity contribution < 1.29 is 4.74 Å². The average Bonchev–Trinajstić information content (AvgIpc) is 2.76. The molecule has 0 saturated carbocycles. The van der Waals surface area contributed by atoms with Crippen LogP contribution in [0.4, 0.5) is 0 Å². The molecule has 0 aromatic heterocycles. The number of hydrogen-bond acceptors (Lipinski definition) is 3. The standard InChI is InChI=1S/C13H13NOS/c16-11-8-4-7-10-12(11)14-13(15-10)9-5-2-1-3-6-9/h1-3,5-7,13-14,16H,4,8H2. The lowest BCUT2D eigenvalue weighted by Crippen LogP contribution is -2.13. The monoisotopic (exact) mass is 231 g/mol. The first-order valence-electron chi connectivity index (χ1n) is 5.45. The normalized spacial score (nSPS) is 23.3. The maximum atomic E-state index is 5.87. The summed E-state index contributed by atoms with van der Waals surface area (Å²) in [5.74, 6) is 0.949. The van der Waals surface area contributed by atoms with Crippen LogP contribution < -0.4 is 5.32 Å². The zero-order chi connectivity index (χ0) is 11.0. The van der Waals surface area contributed by atoms with Crippen LogP contribution in [0.1, 0.15) is 24.6 Å². The van der Waals surface area contributed by atoms with Crippen LogP contribution in [0.15, 0.2) is 52.8 Å². The van der Waals surface area contributed by atoms with E-state index in [1.165, 1.54) is 0 Å². The molecule has 1 aliphatic carbocycles.